The average Bonchev–Trinajstić information content (AvgIpc) is 3.23. The smallest absolute Gasteiger partial charge is 0.231 e. The summed E-state index contributed by atoms with van der Waals surface area (Å²) in [4.78, 5) is 0. The molecule has 3 aromatic carbocycles. The van der Waals surface area contributed by atoms with Crippen molar-refractivity contribution < 1.29 is 18.9 Å². The van der Waals surface area contributed by atoms with Gasteiger partial charge in [0.25, 0.3) is 0 Å². The molecule has 3 aromatic rings. The highest BCUT2D eigenvalue weighted by molar-refractivity contribution is 6.31. The number of aryl methyl sites for hydroxylation is 1. The van der Waals surface area contributed by atoms with E-state index in [1.54, 1.807) is 0 Å². The minimum absolute atomic E-state index is 0.278. The molecule has 0 spiro atoms. The lowest BCUT2D eigenvalue weighted by atomic mass is 10.1. The van der Waals surface area contributed by atoms with Crippen LogP contribution in [0.25, 0.3) is 0 Å². The number of hydrogen-bond acceptors (Lipinski definition) is 5. The van der Waals surface area contributed by atoms with E-state index in [4.69, 9.17) is 30.5 Å². The van der Waals surface area contributed by atoms with Gasteiger partial charge in [-0.25, -0.2) is 0 Å². The van der Waals surface area contributed by atoms with Crippen molar-refractivity contribution in [3.63, 3.8) is 0 Å². The van der Waals surface area contributed by atoms with E-state index < -0.39 is 0 Å². The number of benzene rings is 3. The van der Waals surface area contributed by atoms with Gasteiger partial charge in [0.1, 0.15) is 6.61 Å². The van der Waals surface area contributed by atoms with Gasteiger partial charge in [-0.3, -0.25) is 0 Å². The summed E-state index contributed by atoms with van der Waals surface area (Å²) in [6, 6.07) is 18.0. The Kier molecular flexibility index (Phi) is 6.85. The van der Waals surface area contributed by atoms with E-state index in [0.717, 1.165) is 28.2 Å². The van der Waals surface area contributed by atoms with Gasteiger partial charge in [-0.1, -0.05) is 47.5 Å². The van der Waals surface area contributed by atoms with E-state index >= 15 is 0 Å². The number of ether oxygens (including phenoxy) is 4. The third kappa shape index (κ3) is 5.43. The molecule has 6 heteroatoms. The number of hydrogen-bond donors (Lipinski definition) is 1. The van der Waals surface area contributed by atoms with Gasteiger partial charge in [0, 0.05) is 24.2 Å². The fourth-order valence-corrected chi connectivity index (χ4v) is 3.67. The SMILES string of the molecule is CCOc1cc(CNCc2ccc3c(c2)OCO3)c(Cl)cc1OCc1cccc(C)c1. The van der Waals surface area contributed by atoms with Crippen LogP contribution in [0.4, 0.5) is 0 Å². The molecule has 0 saturated heterocycles. The van der Waals surface area contributed by atoms with Gasteiger partial charge in [0.2, 0.25) is 6.79 Å². The molecule has 0 aliphatic carbocycles. The van der Waals surface area contributed by atoms with Crippen LogP contribution in [0.5, 0.6) is 23.0 Å². The summed E-state index contributed by atoms with van der Waals surface area (Å²) in [5.41, 5.74) is 4.37. The van der Waals surface area contributed by atoms with Crippen molar-refractivity contribution in [1.29, 1.82) is 0 Å². The molecule has 0 fully saturated rings. The summed E-state index contributed by atoms with van der Waals surface area (Å²) in [6.07, 6.45) is 0. The zero-order valence-corrected chi connectivity index (χ0v) is 18.5. The zero-order valence-electron chi connectivity index (χ0n) is 17.7. The van der Waals surface area contributed by atoms with E-state index in [-0.39, 0.29) is 6.79 Å². The van der Waals surface area contributed by atoms with Gasteiger partial charge in [0.15, 0.2) is 23.0 Å². The van der Waals surface area contributed by atoms with Gasteiger partial charge in [-0.05, 0) is 48.7 Å². The van der Waals surface area contributed by atoms with Gasteiger partial charge in [0.05, 0.1) is 6.61 Å². The van der Waals surface area contributed by atoms with Crippen LogP contribution < -0.4 is 24.3 Å². The Bertz CT molecular complexity index is 1050. The molecule has 0 radical (unpaired) electrons. The number of halogens is 1. The lowest BCUT2D eigenvalue weighted by Crippen LogP contribution is -2.13. The number of rotatable bonds is 9. The summed E-state index contributed by atoms with van der Waals surface area (Å²) in [5.74, 6) is 2.91. The normalized spacial score (nSPS) is 12.1. The maximum atomic E-state index is 6.55. The van der Waals surface area contributed by atoms with Crippen LogP contribution in [-0.4, -0.2) is 13.4 Å². The number of fused-ring (bicyclic) bond motifs is 1. The molecule has 0 atom stereocenters. The maximum Gasteiger partial charge on any atom is 0.231 e. The maximum absolute atomic E-state index is 6.55. The monoisotopic (exact) mass is 439 g/mol. The Morgan fingerprint density at radius 2 is 1.74 bits per heavy atom. The first kappa shape index (κ1) is 21.3. The Morgan fingerprint density at radius 3 is 2.58 bits per heavy atom. The third-order valence-corrected chi connectivity index (χ3v) is 5.32. The van der Waals surface area contributed by atoms with E-state index in [1.807, 2.05) is 49.4 Å². The summed E-state index contributed by atoms with van der Waals surface area (Å²) >= 11 is 6.55. The van der Waals surface area contributed by atoms with Crippen LogP contribution in [0.2, 0.25) is 5.02 Å². The predicted molar refractivity (Wildman–Crippen MR) is 121 cm³/mol. The molecular formula is C25H26ClNO4. The van der Waals surface area contributed by atoms with Crippen molar-refractivity contribution >= 4 is 11.6 Å². The molecule has 0 bridgehead atoms. The highest BCUT2D eigenvalue weighted by atomic mass is 35.5. The van der Waals surface area contributed by atoms with Crippen molar-refractivity contribution in [1.82, 2.24) is 5.32 Å². The fourth-order valence-electron chi connectivity index (χ4n) is 3.45. The molecule has 162 valence electrons. The molecule has 1 N–H and O–H groups in total. The van der Waals surface area contributed by atoms with Crippen molar-refractivity contribution in [3.05, 3.63) is 81.9 Å². The predicted octanol–water partition coefficient (Wildman–Crippen LogP) is 5.64. The highest BCUT2D eigenvalue weighted by Gasteiger charge is 2.14. The Labute approximate surface area is 187 Å². The lowest BCUT2D eigenvalue weighted by molar-refractivity contribution is 0.174. The molecule has 1 heterocycles. The second-order valence-electron chi connectivity index (χ2n) is 7.39. The largest absolute Gasteiger partial charge is 0.490 e. The second kappa shape index (κ2) is 9.94. The molecule has 5 nitrogen and oxygen atoms in total. The van der Waals surface area contributed by atoms with Crippen LogP contribution in [0, 0.1) is 6.92 Å². The topological polar surface area (TPSA) is 49.0 Å². The molecule has 0 unspecified atom stereocenters. The van der Waals surface area contributed by atoms with Crippen molar-refractivity contribution in [2.75, 3.05) is 13.4 Å². The quantitative estimate of drug-likeness (QED) is 0.467. The summed E-state index contributed by atoms with van der Waals surface area (Å²) < 4.78 is 22.6. The second-order valence-corrected chi connectivity index (χ2v) is 7.80. The van der Waals surface area contributed by atoms with Crippen LogP contribution in [0.1, 0.15) is 29.2 Å². The first-order chi connectivity index (χ1) is 15.1. The van der Waals surface area contributed by atoms with E-state index in [2.05, 4.69) is 24.4 Å². The lowest BCUT2D eigenvalue weighted by Gasteiger charge is -2.15. The van der Waals surface area contributed by atoms with E-state index in [1.165, 1.54) is 5.56 Å². The van der Waals surface area contributed by atoms with Crippen molar-refractivity contribution in [2.45, 2.75) is 33.5 Å². The minimum atomic E-state index is 0.278. The molecule has 0 amide bonds. The van der Waals surface area contributed by atoms with Gasteiger partial charge < -0.3 is 24.3 Å². The molecule has 1 aliphatic heterocycles. The fraction of sp³-hybridized carbons (Fsp3) is 0.280. The minimum Gasteiger partial charge on any atom is -0.490 e. The zero-order chi connectivity index (χ0) is 21.6. The van der Waals surface area contributed by atoms with E-state index in [0.29, 0.717) is 42.8 Å². The Balaban J connectivity index is 1.41. The summed E-state index contributed by atoms with van der Waals surface area (Å²) in [5, 5.41) is 4.07. The molecular weight excluding hydrogens is 414 g/mol. The summed E-state index contributed by atoms with van der Waals surface area (Å²) in [7, 11) is 0. The van der Waals surface area contributed by atoms with Gasteiger partial charge in [-0.15, -0.1) is 0 Å². The van der Waals surface area contributed by atoms with Crippen LogP contribution in [-0.2, 0) is 19.7 Å². The van der Waals surface area contributed by atoms with Gasteiger partial charge in [-0.2, -0.15) is 0 Å². The standard InChI is InChI=1S/C25H26ClNO4/c1-3-28-24-11-20(14-27-13-18-7-8-22-23(10-18)31-16-30-22)21(26)12-25(24)29-15-19-6-4-5-17(2)9-19/h4-12,27H,3,13-16H2,1-2H3. The summed E-state index contributed by atoms with van der Waals surface area (Å²) in [6.45, 7) is 6.59. The van der Waals surface area contributed by atoms with Crippen LogP contribution in [0.15, 0.2) is 54.6 Å². The molecule has 0 aromatic heterocycles. The molecule has 0 saturated carbocycles. The van der Waals surface area contributed by atoms with Crippen molar-refractivity contribution in [2.24, 2.45) is 0 Å². The third-order valence-electron chi connectivity index (χ3n) is 4.97. The number of nitrogens with one attached hydrogen (secondary N) is 1. The first-order valence-electron chi connectivity index (χ1n) is 10.3. The Hall–Kier alpha value is -2.89. The van der Waals surface area contributed by atoms with E-state index in [9.17, 15) is 0 Å². The molecule has 1 aliphatic rings. The van der Waals surface area contributed by atoms with Gasteiger partial charge >= 0.3 is 0 Å². The first-order valence-corrected chi connectivity index (χ1v) is 10.7. The van der Waals surface area contributed by atoms with Crippen LogP contribution >= 0.6 is 11.6 Å². The molecule has 31 heavy (non-hydrogen) atoms. The Morgan fingerprint density at radius 1 is 0.903 bits per heavy atom. The molecule has 4 rings (SSSR count). The average molecular weight is 440 g/mol. The highest BCUT2D eigenvalue weighted by Crippen LogP contribution is 2.35. The van der Waals surface area contributed by atoms with Crippen LogP contribution in [0.3, 0.4) is 0 Å². The van der Waals surface area contributed by atoms with Crippen molar-refractivity contribution in [3.8, 4) is 23.0 Å².